The first-order chi connectivity index (χ1) is 17.4. The number of nitrogens with zero attached hydrogens (tertiary/aromatic N) is 1. The van der Waals surface area contributed by atoms with E-state index in [1.54, 1.807) is 16.7 Å². The summed E-state index contributed by atoms with van der Waals surface area (Å²) in [6, 6.07) is 8.24. The van der Waals surface area contributed by atoms with Gasteiger partial charge in [-0.15, -0.1) is 11.8 Å². The number of thioether (sulfide) groups is 1. The van der Waals surface area contributed by atoms with Crippen molar-refractivity contribution >= 4 is 29.5 Å². The molecule has 3 amide bonds. The minimum absolute atomic E-state index is 0.0299. The molecule has 2 bridgehead atoms. The average Bonchev–Trinajstić information content (AvgIpc) is 3.48. The number of hydrogen-bond acceptors (Lipinski definition) is 5. The second kappa shape index (κ2) is 10.4. The number of hydrogen-bond donors (Lipinski definition) is 3. The van der Waals surface area contributed by atoms with Crippen molar-refractivity contribution in [3.8, 4) is 0 Å². The van der Waals surface area contributed by atoms with Gasteiger partial charge in [0.25, 0.3) is 0 Å². The summed E-state index contributed by atoms with van der Waals surface area (Å²) in [6.07, 6.45) is 6.95. The molecule has 0 aromatic heterocycles. The number of nitrogens with one attached hydrogen (secondary N) is 2. The number of fused-ring (bicyclic) bond motifs is 1. The number of aliphatic hydroxyl groups excluding tert-OH is 1. The second-order valence-corrected chi connectivity index (χ2v) is 12.6. The Morgan fingerprint density at radius 1 is 1.17 bits per heavy atom. The fourth-order valence-electron chi connectivity index (χ4n) is 7.32. The minimum atomic E-state index is -0.719. The van der Waals surface area contributed by atoms with Crippen LogP contribution < -0.4 is 10.6 Å². The molecule has 7 atom stereocenters. The Morgan fingerprint density at radius 2 is 1.89 bits per heavy atom. The third-order valence-corrected chi connectivity index (χ3v) is 11.0. The molecule has 4 fully saturated rings. The van der Waals surface area contributed by atoms with Gasteiger partial charge < -0.3 is 20.6 Å². The molecule has 1 aromatic rings. The molecule has 1 spiro atoms. The van der Waals surface area contributed by atoms with Crippen LogP contribution in [0.15, 0.2) is 30.3 Å². The van der Waals surface area contributed by atoms with Gasteiger partial charge in [-0.1, -0.05) is 63.4 Å². The van der Waals surface area contributed by atoms with E-state index in [9.17, 15) is 19.5 Å². The van der Waals surface area contributed by atoms with E-state index in [0.29, 0.717) is 6.54 Å². The maximum atomic E-state index is 14.3. The van der Waals surface area contributed by atoms with Gasteiger partial charge in [-0.05, 0) is 37.2 Å². The molecule has 3 aliphatic heterocycles. The Hall–Kier alpha value is -2.06. The maximum absolute atomic E-state index is 14.3. The molecule has 5 rings (SSSR count). The normalized spacial score (nSPS) is 34.5. The Kier molecular flexibility index (Phi) is 7.37. The molecular weight excluding hydrogens is 474 g/mol. The minimum Gasteiger partial charge on any atom is -0.394 e. The highest BCUT2D eigenvalue weighted by Crippen LogP contribution is 2.69. The van der Waals surface area contributed by atoms with Crippen molar-refractivity contribution < 1.29 is 19.5 Å². The molecule has 3 N–H and O–H groups in total. The van der Waals surface area contributed by atoms with E-state index in [0.717, 1.165) is 44.1 Å². The van der Waals surface area contributed by atoms with Crippen LogP contribution in [-0.2, 0) is 14.4 Å². The van der Waals surface area contributed by atoms with E-state index in [1.165, 1.54) is 6.42 Å². The van der Waals surface area contributed by atoms with Gasteiger partial charge in [-0.25, -0.2) is 0 Å². The van der Waals surface area contributed by atoms with Crippen LogP contribution in [0.1, 0.15) is 70.4 Å². The fraction of sp³-hybridized carbons (Fsp3) is 0.679. The zero-order valence-electron chi connectivity index (χ0n) is 21.3. The number of amides is 3. The van der Waals surface area contributed by atoms with Crippen molar-refractivity contribution in [2.24, 2.45) is 17.8 Å². The summed E-state index contributed by atoms with van der Waals surface area (Å²) in [5.74, 6) is -1.26. The van der Waals surface area contributed by atoms with Crippen LogP contribution in [-0.4, -0.2) is 63.0 Å². The quantitative estimate of drug-likeness (QED) is 0.496. The molecule has 3 heterocycles. The van der Waals surface area contributed by atoms with Gasteiger partial charge in [0.05, 0.1) is 29.2 Å². The molecule has 3 saturated heterocycles. The smallest absolute Gasteiger partial charge is 0.244 e. The number of rotatable bonds is 8. The summed E-state index contributed by atoms with van der Waals surface area (Å²) in [5, 5.41) is 16.9. The molecule has 1 aliphatic carbocycles. The van der Waals surface area contributed by atoms with Crippen LogP contribution in [0.2, 0.25) is 0 Å². The molecule has 4 aliphatic rings. The fourth-order valence-corrected chi connectivity index (χ4v) is 9.73. The summed E-state index contributed by atoms with van der Waals surface area (Å²) in [4.78, 5) is 43.5. The van der Waals surface area contributed by atoms with E-state index in [4.69, 9.17) is 0 Å². The molecule has 36 heavy (non-hydrogen) atoms. The van der Waals surface area contributed by atoms with Crippen LogP contribution in [0.3, 0.4) is 0 Å². The Balaban J connectivity index is 1.56. The van der Waals surface area contributed by atoms with Crippen LogP contribution in [0, 0.1) is 17.8 Å². The van der Waals surface area contributed by atoms with E-state index in [2.05, 4.69) is 17.6 Å². The van der Waals surface area contributed by atoms with Gasteiger partial charge in [-0.2, -0.15) is 0 Å². The predicted molar refractivity (Wildman–Crippen MR) is 140 cm³/mol. The summed E-state index contributed by atoms with van der Waals surface area (Å²) in [5.41, 5.74) is 0.805. The first-order valence-corrected chi connectivity index (χ1v) is 14.6. The lowest BCUT2D eigenvalue weighted by Crippen LogP contribution is -2.58. The first-order valence-electron chi connectivity index (χ1n) is 13.7. The lowest BCUT2D eigenvalue weighted by atomic mass is 9.65. The van der Waals surface area contributed by atoms with E-state index in [1.807, 2.05) is 37.3 Å². The van der Waals surface area contributed by atoms with Gasteiger partial charge in [0, 0.05) is 17.8 Å². The Labute approximate surface area is 218 Å². The summed E-state index contributed by atoms with van der Waals surface area (Å²) < 4.78 is -0.670. The standard InChI is InChI=1S/C28H39N3O4S/c1-3-14-29-25(33)22-21-15-17(2)28(36-21)23(22)27(35)31(20(16-32)18-10-6-4-7-11-18)24(28)26(34)30-19-12-8-5-9-13-19/h4,6-7,10-11,17,19-24,32H,3,5,8-9,12-16H2,1-2H3,(H,29,33)(H,30,34)/t17?,20-,21+,22-,23+,24?,28?/m1/s1. The average molecular weight is 514 g/mol. The Morgan fingerprint density at radius 3 is 2.56 bits per heavy atom. The van der Waals surface area contributed by atoms with Crippen LogP contribution in [0.5, 0.6) is 0 Å². The topological polar surface area (TPSA) is 98.7 Å². The van der Waals surface area contributed by atoms with Gasteiger partial charge in [0.1, 0.15) is 6.04 Å². The number of aliphatic hydroxyl groups is 1. The van der Waals surface area contributed by atoms with Gasteiger partial charge >= 0.3 is 0 Å². The molecular formula is C28H39N3O4S. The molecule has 196 valence electrons. The largest absolute Gasteiger partial charge is 0.394 e. The van der Waals surface area contributed by atoms with Crippen molar-refractivity contribution in [3.05, 3.63) is 35.9 Å². The van der Waals surface area contributed by atoms with Crippen molar-refractivity contribution in [1.82, 2.24) is 15.5 Å². The molecule has 1 aromatic carbocycles. The summed E-state index contributed by atoms with van der Waals surface area (Å²) in [6.45, 7) is 4.45. The lowest BCUT2D eigenvalue weighted by molar-refractivity contribution is -0.143. The summed E-state index contributed by atoms with van der Waals surface area (Å²) in [7, 11) is 0. The molecule has 8 heteroatoms. The van der Waals surface area contributed by atoms with Crippen molar-refractivity contribution in [3.63, 3.8) is 0 Å². The number of benzene rings is 1. The number of likely N-dealkylation sites (tertiary alicyclic amines) is 1. The predicted octanol–water partition coefficient (Wildman–Crippen LogP) is 3.03. The highest BCUT2D eigenvalue weighted by atomic mass is 32.2. The van der Waals surface area contributed by atoms with Gasteiger partial charge in [0.2, 0.25) is 17.7 Å². The monoisotopic (exact) mass is 513 g/mol. The highest BCUT2D eigenvalue weighted by molar-refractivity contribution is 8.02. The van der Waals surface area contributed by atoms with Crippen molar-refractivity contribution in [2.45, 2.75) is 86.9 Å². The van der Waals surface area contributed by atoms with Gasteiger partial charge in [-0.3, -0.25) is 14.4 Å². The zero-order chi connectivity index (χ0) is 25.4. The zero-order valence-corrected chi connectivity index (χ0v) is 22.1. The Bertz CT molecular complexity index is 984. The van der Waals surface area contributed by atoms with Crippen molar-refractivity contribution in [2.75, 3.05) is 13.2 Å². The van der Waals surface area contributed by atoms with E-state index < -0.39 is 28.7 Å². The van der Waals surface area contributed by atoms with Crippen LogP contribution in [0.25, 0.3) is 0 Å². The molecule has 7 nitrogen and oxygen atoms in total. The van der Waals surface area contributed by atoms with Gasteiger partial charge in [0.15, 0.2) is 0 Å². The summed E-state index contributed by atoms with van der Waals surface area (Å²) >= 11 is 1.69. The third-order valence-electron chi connectivity index (χ3n) is 8.93. The highest BCUT2D eigenvalue weighted by Gasteiger charge is 2.76. The lowest BCUT2D eigenvalue weighted by Gasteiger charge is -2.41. The molecule has 3 unspecified atom stereocenters. The van der Waals surface area contributed by atoms with Crippen LogP contribution in [0.4, 0.5) is 0 Å². The molecule has 0 radical (unpaired) electrons. The first kappa shape index (κ1) is 25.6. The SMILES string of the molecule is CCCNC(=O)[C@@H]1[C@@H]2CC(C)C3(S2)C(C(=O)NC2CCCCC2)N([C@H](CO)c2ccccc2)C(=O)[C@H]13. The van der Waals surface area contributed by atoms with E-state index >= 15 is 0 Å². The van der Waals surface area contributed by atoms with E-state index in [-0.39, 0.29) is 41.5 Å². The number of carbonyl (C=O) groups excluding carboxylic acids is 3. The second-order valence-electron chi connectivity index (χ2n) is 11.0. The third kappa shape index (κ3) is 4.05. The maximum Gasteiger partial charge on any atom is 0.244 e. The van der Waals surface area contributed by atoms with Crippen LogP contribution >= 0.6 is 11.8 Å². The number of carbonyl (C=O) groups is 3. The molecule has 1 saturated carbocycles. The van der Waals surface area contributed by atoms with Crippen molar-refractivity contribution in [1.29, 1.82) is 0 Å².